The summed E-state index contributed by atoms with van der Waals surface area (Å²) in [5, 5.41) is 2.20. The largest absolute Gasteiger partial charge is 0.456 e. The molecule has 6 aromatic carbocycles. The molecule has 4 heteroatoms. The minimum atomic E-state index is 0.841. The van der Waals surface area contributed by atoms with Crippen molar-refractivity contribution in [1.29, 1.82) is 0 Å². The molecule has 10 rings (SSSR count). The van der Waals surface area contributed by atoms with Gasteiger partial charge in [0.05, 0.1) is 34.2 Å². The maximum absolute atomic E-state index is 6.37. The maximum Gasteiger partial charge on any atom is 0.136 e. The van der Waals surface area contributed by atoms with Crippen molar-refractivity contribution in [2.24, 2.45) is 0 Å². The summed E-state index contributed by atoms with van der Waals surface area (Å²) in [4.78, 5) is 15.8. The van der Waals surface area contributed by atoms with Gasteiger partial charge in [0.1, 0.15) is 11.2 Å². The molecule has 0 atom stereocenters. The Hall–Kier alpha value is -7.43. The van der Waals surface area contributed by atoms with E-state index in [-0.39, 0.29) is 0 Å². The van der Waals surface area contributed by atoms with Crippen molar-refractivity contribution < 1.29 is 4.42 Å². The first-order chi connectivity index (χ1) is 27.2. The molecule has 55 heavy (non-hydrogen) atoms. The van der Waals surface area contributed by atoms with E-state index in [9.17, 15) is 0 Å². The molecule has 4 aromatic heterocycles. The molecule has 0 saturated carbocycles. The zero-order valence-electron chi connectivity index (χ0n) is 29.8. The summed E-state index contributed by atoms with van der Waals surface area (Å²) in [7, 11) is 0. The van der Waals surface area contributed by atoms with Gasteiger partial charge in [-0.05, 0) is 65.7 Å². The second kappa shape index (κ2) is 13.8. The second-order valence-electron chi connectivity index (χ2n) is 13.7. The zero-order valence-corrected chi connectivity index (χ0v) is 29.8. The molecule has 0 bridgehead atoms. The number of furan rings is 1. The van der Waals surface area contributed by atoms with Crippen molar-refractivity contribution in [3.8, 4) is 78.7 Å². The van der Waals surface area contributed by atoms with E-state index in [1.807, 2.05) is 36.4 Å². The molecule has 258 valence electrons. The van der Waals surface area contributed by atoms with E-state index in [4.69, 9.17) is 19.4 Å². The first-order valence-corrected chi connectivity index (χ1v) is 18.4. The normalized spacial score (nSPS) is 11.3. The Labute approximate surface area is 319 Å². The lowest BCUT2D eigenvalue weighted by Crippen LogP contribution is -1.96. The molecule has 0 amide bonds. The number of hydrogen-bond donors (Lipinski definition) is 0. The van der Waals surface area contributed by atoms with E-state index in [0.29, 0.717) is 0 Å². The van der Waals surface area contributed by atoms with Gasteiger partial charge in [-0.15, -0.1) is 0 Å². The van der Waals surface area contributed by atoms with E-state index < -0.39 is 0 Å². The number of nitrogens with zero attached hydrogens (tertiary/aromatic N) is 3. The average Bonchev–Trinajstić information content (AvgIpc) is 3.65. The summed E-state index contributed by atoms with van der Waals surface area (Å²) >= 11 is 0. The minimum Gasteiger partial charge on any atom is -0.456 e. The van der Waals surface area contributed by atoms with Gasteiger partial charge in [-0.2, -0.15) is 0 Å². The smallest absolute Gasteiger partial charge is 0.136 e. The molecular formula is C51H33N3O. The van der Waals surface area contributed by atoms with Crippen LogP contribution < -0.4 is 0 Å². The summed E-state index contributed by atoms with van der Waals surface area (Å²) in [6.45, 7) is 0. The number of aromatic nitrogens is 3. The van der Waals surface area contributed by atoms with Gasteiger partial charge in [0.15, 0.2) is 0 Å². The molecule has 0 fully saturated rings. The van der Waals surface area contributed by atoms with Crippen molar-refractivity contribution in [1.82, 2.24) is 15.0 Å². The number of para-hydroxylation sites is 1. The molecule has 0 aliphatic heterocycles. The topological polar surface area (TPSA) is 51.8 Å². The van der Waals surface area contributed by atoms with Crippen LogP contribution in [0.15, 0.2) is 205 Å². The predicted molar refractivity (Wildman–Crippen MR) is 225 cm³/mol. The van der Waals surface area contributed by atoms with Gasteiger partial charge in [0.2, 0.25) is 0 Å². The zero-order chi connectivity index (χ0) is 36.6. The van der Waals surface area contributed by atoms with Crippen LogP contribution in [0.1, 0.15) is 0 Å². The first kappa shape index (κ1) is 32.2. The van der Waals surface area contributed by atoms with Gasteiger partial charge in [-0.1, -0.05) is 146 Å². The Morgan fingerprint density at radius 1 is 0.236 bits per heavy atom. The number of rotatable bonds is 7. The fourth-order valence-electron chi connectivity index (χ4n) is 7.28. The monoisotopic (exact) mass is 703 g/mol. The lowest BCUT2D eigenvalue weighted by Gasteiger charge is -2.14. The van der Waals surface area contributed by atoms with Gasteiger partial charge < -0.3 is 4.42 Å². The molecule has 0 aliphatic carbocycles. The number of fused-ring (bicyclic) bond motifs is 3. The molecule has 0 N–H and O–H groups in total. The van der Waals surface area contributed by atoms with Crippen molar-refractivity contribution in [3.63, 3.8) is 0 Å². The highest BCUT2D eigenvalue weighted by Gasteiger charge is 2.17. The van der Waals surface area contributed by atoms with E-state index in [2.05, 4.69) is 164 Å². The van der Waals surface area contributed by atoms with Gasteiger partial charge in [0, 0.05) is 44.2 Å². The van der Waals surface area contributed by atoms with Gasteiger partial charge in [-0.25, -0.2) is 15.0 Å². The molecule has 0 aliphatic rings. The molecule has 4 heterocycles. The van der Waals surface area contributed by atoms with E-state index in [0.717, 1.165) is 101 Å². The number of pyridine rings is 3. The van der Waals surface area contributed by atoms with E-state index in [1.54, 1.807) is 0 Å². The minimum absolute atomic E-state index is 0.841. The lowest BCUT2D eigenvalue weighted by atomic mass is 9.96. The van der Waals surface area contributed by atoms with Crippen LogP contribution in [0.4, 0.5) is 0 Å². The average molecular weight is 704 g/mol. The van der Waals surface area contributed by atoms with Crippen LogP contribution >= 0.6 is 0 Å². The highest BCUT2D eigenvalue weighted by molar-refractivity contribution is 6.06. The highest BCUT2D eigenvalue weighted by atomic mass is 16.3. The van der Waals surface area contributed by atoms with Gasteiger partial charge in [-0.3, -0.25) is 0 Å². The van der Waals surface area contributed by atoms with E-state index in [1.165, 1.54) is 0 Å². The first-order valence-electron chi connectivity index (χ1n) is 18.4. The van der Waals surface area contributed by atoms with Crippen LogP contribution in [0.3, 0.4) is 0 Å². The quantitative estimate of drug-likeness (QED) is 0.166. The van der Waals surface area contributed by atoms with Crippen LogP contribution in [-0.4, -0.2) is 15.0 Å². The fraction of sp³-hybridized carbons (Fsp3) is 0. The summed E-state index contributed by atoms with van der Waals surface area (Å²) < 4.78 is 6.37. The third-order valence-corrected chi connectivity index (χ3v) is 10.1. The van der Waals surface area contributed by atoms with Crippen LogP contribution in [0.2, 0.25) is 0 Å². The summed E-state index contributed by atoms with van der Waals surface area (Å²) in [6, 6.07) is 69.0. The van der Waals surface area contributed by atoms with E-state index >= 15 is 0 Å². The van der Waals surface area contributed by atoms with Crippen LogP contribution in [0, 0.1) is 0 Å². The maximum atomic E-state index is 6.37. The van der Waals surface area contributed by atoms with Crippen LogP contribution in [0.5, 0.6) is 0 Å². The Morgan fingerprint density at radius 2 is 0.582 bits per heavy atom. The van der Waals surface area contributed by atoms with Crippen molar-refractivity contribution >= 4 is 21.9 Å². The third kappa shape index (κ3) is 6.36. The number of benzene rings is 6. The molecule has 0 spiro atoms. The molecule has 0 saturated heterocycles. The summed E-state index contributed by atoms with van der Waals surface area (Å²) in [5.41, 5.74) is 15.1. The molecule has 4 nitrogen and oxygen atoms in total. The van der Waals surface area contributed by atoms with Crippen molar-refractivity contribution in [3.05, 3.63) is 200 Å². The lowest BCUT2D eigenvalue weighted by molar-refractivity contribution is 0.669. The number of hydrogen-bond acceptors (Lipinski definition) is 4. The molecular weight excluding hydrogens is 671 g/mol. The van der Waals surface area contributed by atoms with Gasteiger partial charge in [0.25, 0.3) is 0 Å². The van der Waals surface area contributed by atoms with Crippen LogP contribution in [0.25, 0.3) is 101 Å². The summed E-state index contributed by atoms with van der Waals surface area (Å²) in [6.07, 6.45) is 0. The second-order valence-corrected chi connectivity index (χ2v) is 13.7. The van der Waals surface area contributed by atoms with Crippen molar-refractivity contribution in [2.45, 2.75) is 0 Å². The fourth-order valence-corrected chi connectivity index (χ4v) is 7.28. The third-order valence-electron chi connectivity index (χ3n) is 10.1. The Balaban J connectivity index is 1.22. The molecule has 10 aromatic rings. The van der Waals surface area contributed by atoms with Gasteiger partial charge >= 0.3 is 0 Å². The highest BCUT2D eigenvalue weighted by Crippen LogP contribution is 2.38. The Morgan fingerprint density at radius 3 is 1.02 bits per heavy atom. The standard InChI is InChI=1S/C51H33N3O/c1-5-15-34(16-6-1)44-29-40(30-45(52-44)35-17-7-2-8-18-35)48-27-39(38-25-26-43-42-23-13-14-24-50(42)55-51(43)33-38)28-49(54-48)41-31-46(36-19-9-3-10-20-36)53-47(32-41)37-21-11-4-12-22-37/h1-33H. The SMILES string of the molecule is c1ccc(-c2cc(-c3cc(-c4ccc5c(c4)oc4ccccc45)cc(-c4cc(-c5ccccc5)nc(-c5ccccc5)c4)n3)cc(-c3ccccc3)n2)cc1. The van der Waals surface area contributed by atoms with Crippen molar-refractivity contribution in [2.75, 3.05) is 0 Å². The molecule has 0 radical (unpaired) electrons. The Bertz CT molecular complexity index is 2700. The van der Waals surface area contributed by atoms with Crippen LogP contribution in [-0.2, 0) is 0 Å². The predicted octanol–water partition coefficient (Wildman–Crippen LogP) is 13.4. The molecule has 0 unspecified atom stereocenters. The Kier molecular flexibility index (Phi) is 8.12. The summed E-state index contributed by atoms with van der Waals surface area (Å²) in [5.74, 6) is 0.